The van der Waals surface area contributed by atoms with Crippen LogP contribution in [0.4, 0.5) is 23.4 Å². The zero-order valence-electron chi connectivity index (χ0n) is 16.2. The fraction of sp³-hybridized carbons (Fsp3) is 0.450. The summed E-state index contributed by atoms with van der Waals surface area (Å²) in [5.41, 5.74) is 2.10. The van der Waals surface area contributed by atoms with Crippen LogP contribution < -0.4 is 4.90 Å². The van der Waals surface area contributed by atoms with Crippen LogP contribution in [0.15, 0.2) is 24.5 Å². The molecule has 6 nitrogen and oxygen atoms in total. The monoisotopic (exact) mass is 420 g/mol. The quantitative estimate of drug-likeness (QED) is 0.609. The minimum Gasteiger partial charge on any atom is -0.352 e. The lowest BCUT2D eigenvalue weighted by Crippen LogP contribution is -2.46. The van der Waals surface area contributed by atoms with E-state index in [-0.39, 0.29) is 5.82 Å². The topological polar surface area (TPSA) is 50.1 Å². The highest BCUT2D eigenvalue weighted by Gasteiger charge is 2.33. The highest BCUT2D eigenvalue weighted by Crippen LogP contribution is 2.31. The number of hydrogen-bond donors (Lipinski definition) is 0. The molecule has 158 valence electrons. The van der Waals surface area contributed by atoms with Crippen LogP contribution in [0, 0.1) is 5.82 Å². The number of nitrogens with zero attached hydrogens (tertiary/aromatic N) is 6. The smallest absolute Gasteiger partial charge is 0.352 e. The van der Waals surface area contributed by atoms with Crippen molar-refractivity contribution in [2.45, 2.75) is 32.1 Å². The molecule has 0 unspecified atom stereocenters. The fourth-order valence-electron chi connectivity index (χ4n) is 4.30. The molecule has 30 heavy (non-hydrogen) atoms. The molecule has 2 aliphatic heterocycles. The second-order valence-electron chi connectivity index (χ2n) is 7.72. The lowest BCUT2D eigenvalue weighted by Gasteiger charge is -2.35. The van der Waals surface area contributed by atoms with E-state index in [9.17, 15) is 17.6 Å². The standard InChI is InChI=1S/C20H20F4N6/c21-15-10-14(20(22,23)24)11-26-19(15)29-8-6-28(7-9-29)12-16-27-18-17-13(3-4-25-18)2-1-5-30(16)17/h3-4,10-11H,1-2,5-9,12H2. The number of rotatable bonds is 3. The maximum atomic E-state index is 14.2. The number of halogens is 4. The van der Waals surface area contributed by atoms with E-state index < -0.39 is 17.6 Å². The Morgan fingerprint density at radius 2 is 1.83 bits per heavy atom. The molecule has 0 spiro atoms. The summed E-state index contributed by atoms with van der Waals surface area (Å²) in [5, 5.41) is 0. The van der Waals surface area contributed by atoms with Gasteiger partial charge in [-0.15, -0.1) is 0 Å². The molecular formula is C20H20F4N6. The van der Waals surface area contributed by atoms with Crippen LogP contribution in [-0.4, -0.2) is 50.6 Å². The molecule has 0 N–H and O–H groups in total. The van der Waals surface area contributed by atoms with Crippen molar-refractivity contribution in [1.82, 2.24) is 24.4 Å². The van der Waals surface area contributed by atoms with Crippen molar-refractivity contribution in [3.8, 4) is 0 Å². The first-order valence-electron chi connectivity index (χ1n) is 9.93. The van der Waals surface area contributed by atoms with Gasteiger partial charge in [0.2, 0.25) is 0 Å². The van der Waals surface area contributed by atoms with Crippen LogP contribution in [-0.2, 0) is 25.7 Å². The second-order valence-corrected chi connectivity index (χ2v) is 7.72. The third-order valence-electron chi connectivity index (χ3n) is 5.82. The van der Waals surface area contributed by atoms with Gasteiger partial charge >= 0.3 is 6.18 Å². The van der Waals surface area contributed by atoms with Crippen LogP contribution in [0.3, 0.4) is 0 Å². The first-order valence-corrected chi connectivity index (χ1v) is 9.93. The van der Waals surface area contributed by atoms with E-state index in [0.717, 1.165) is 36.4 Å². The summed E-state index contributed by atoms with van der Waals surface area (Å²) < 4.78 is 54.7. The van der Waals surface area contributed by atoms with Crippen LogP contribution in [0.2, 0.25) is 0 Å². The largest absolute Gasteiger partial charge is 0.417 e. The lowest BCUT2D eigenvalue weighted by molar-refractivity contribution is -0.138. The molecule has 0 radical (unpaired) electrons. The maximum Gasteiger partial charge on any atom is 0.417 e. The summed E-state index contributed by atoms with van der Waals surface area (Å²) in [6.07, 6.45) is -0.00480. The first-order chi connectivity index (χ1) is 14.4. The van der Waals surface area contributed by atoms with E-state index in [1.165, 1.54) is 5.56 Å². The number of piperazine rings is 1. The third kappa shape index (κ3) is 3.38. The Bertz CT molecular complexity index is 1080. The van der Waals surface area contributed by atoms with Crippen molar-refractivity contribution in [3.63, 3.8) is 0 Å². The summed E-state index contributed by atoms with van der Waals surface area (Å²) in [5.74, 6) is -0.00381. The molecule has 1 saturated heterocycles. The van der Waals surface area contributed by atoms with E-state index in [4.69, 9.17) is 4.98 Å². The molecule has 3 aromatic rings. The molecule has 0 atom stereocenters. The zero-order valence-corrected chi connectivity index (χ0v) is 16.2. The van der Waals surface area contributed by atoms with Gasteiger partial charge in [-0.25, -0.2) is 19.3 Å². The predicted octanol–water partition coefficient (Wildman–Crippen LogP) is 3.25. The van der Waals surface area contributed by atoms with E-state index in [2.05, 4.69) is 19.4 Å². The maximum absolute atomic E-state index is 14.2. The minimum absolute atomic E-state index is 0.0295. The molecule has 1 fully saturated rings. The summed E-state index contributed by atoms with van der Waals surface area (Å²) in [6, 6.07) is 2.56. The Kier molecular flexibility index (Phi) is 4.61. The van der Waals surface area contributed by atoms with Crippen LogP contribution in [0.1, 0.15) is 23.4 Å². The van der Waals surface area contributed by atoms with Crippen molar-refractivity contribution in [1.29, 1.82) is 0 Å². The number of anilines is 1. The number of alkyl halides is 3. The number of aryl methyl sites for hydroxylation is 2. The summed E-state index contributed by atoms with van der Waals surface area (Å²) in [4.78, 5) is 16.8. The van der Waals surface area contributed by atoms with Gasteiger partial charge < -0.3 is 9.47 Å². The predicted molar refractivity (Wildman–Crippen MR) is 103 cm³/mol. The van der Waals surface area contributed by atoms with Gasteiger partial charge in [0.1, 0.15) is 5.82 Å². The average Bonchev–Trinajstić information content (AvgIpc) is 3.08. The van der Waals surface area contributed by atoms with E-state index in [1.54, 1.807) is 11.1 Å². The van der Waals surface area contributed by atoms with Crippen LogP contribution in [0.5, 0.6) is 0 Å². The molecule has 0 saturated carbocycles. The third-order valence-corrected chi connectivity index (χ3v) is 5.82. The van der Waals surface area contributed by atoms with Crippen LogP contribution >= 0.6 is 0 Å². The molecule has 0 amide bonds. The van der Waals surface area contributed by atoms with E-state index in [1.807, 2.05) is 6.07 Å². The Balaban J connectivity index is 1.28. The summed E-state index contributed by atoms with van der Waals surface area (Å²) in [6.45, 7) is 3.84. The van der Waals surface area contributed by atoms with Crippen molar-refractivity contribution < 1.29 is 17.6 Å². The second kappa shape index (κ2) is 7.19. The van der Waals surface area contributed by atoms with Crippen LogP contribution in [0.25, 0.3) is 11.2 Å². The van der Waals surface area contributed by atoms with Crippen molar-refractivity contribution in [2.24, 2.45) is 0 Å². The van der Waals surface area contributed by atoms with Gasteiger partial charge in [-0.05, 0) is 30.5 Å². The Hall–Kier alpha value is -2.75. The zero-order chi connectivity index (χ0) is 20.9. The number of imidazole rings is 1. The van der Waals surface area contributed by atoms with E-state index >= 15 is 0 Å². The number of aromatic nitrogens is 4. The first kappa shape index (κ1) is 19.2. The van der Waals surface area contributed by atoms with Gasteiger partial charge in [0.05, 0.1) is 17.6 Å². The highest BCUT2D eigenvalue weighted by molar-refractivity contribution is 5.76. The SMILES string of the molecule is Fc1cc(C(F)(F)F)cnc1N1CCN(Cc2nc3nccc4c3n2CCC4)CC1. The van der Waals surface area contributed by atoms with Gasteiger partial charge in [0, 0.05) is 45.1 Å². The van der Waals surface area contributed by atoms with Gasteiger partial charge in [-0.3, -0.25) is 4.90 Å². The molecule has 3 aromatic heterocycles. The Labute approximate surface area is 170 Å². The van der Waals surface area contributed by atoms with E-state index in [0.29, 0.717) is 45.0 Å². The molecule has 2 aliphatic rings. The van der Waals surface area contributed by atoms with Gasteiger partial charge in [-0.2, -0.15) is 13.2 Å². The average molecular weight is 420 g/mol. The molecule has 0 bridgehead atoms. The van der Waals surface area contributed by atoms with Gasteiger partial charge in [0.15, 0.2) is 17.3 Å². The Morgan fingerprint density at radius 1 is 1.03 bits per heavy atom. The molecule has 0 aromatic carbocycles. The lowest BCUT2D eigenvalue weighted by atomic mass is 10.1. The fourth-order valence-corrected chi connectivity index (χ4v) is 4.30. The highest BCUT2D eigenvalue weighted by atomic mass is 19.4. The number of pyridine rings is 2. The van der Waals surface area contributed by atoms with Crippen molar-refractivity contribution in [2.75, 3.05) is 31.1 Å². The Morgan fingerprint density at radius 3 is 2.57 bits per heavy atom. The van der Waals surface area contributed by atoms with Crippen molar-refractivity contribution >= 4 is 17.0 Å². The molecule has 0 aliphatic carbocycles. The normalized spacial score (nSPS) is 17.7. The number of hydrogen-bond acceptors (Lipinski definition) is 5. The summed E-state index contributed by atoms with van der Waals surface area (Å²) in [7, 11) is 0. The molecule has 10 heteroatoms. The molecule has 5 rings (SSSR count). The van der Waals surface area contributed by atoms with Gasteiger partial charge in [-0.1, -0.05) is 0 Å². The van der Waals surface area contributed by atoms with Crippen molar-refractivity contribution in [3.05, 3.63) is 47.3 Å². The summed E-state index contributed by atoms with van der Waals surface area (Å²) >= 11 is 0. The molecular weight excluding hydrogens is 400 g/mol. The minimum atomic E-state index is -4.60. The van der Waals surface area contributed by atoms with Gasteiger partial charge in [0.25, 0.3) is 0 Å². The molecule has 5 heterocycles.